The molecule has 1 fully saturated rings. The molecule has 5 nitrogen and oxygen atoms in total. The number of aliphatic hydroxyl groups excluding tert-OH is 1. The van der Waals surface area contributed by atoms with Crippen LogP contribution in [0.2, 0.25) is 0 Å². The number of hydrogen-bond acceptors (Lipinski definition) is 5. The van der Waals surface area contributed by atoms with Gasteiger partial charge in [0.2, 0.25) is 0 Å². The van der Waals surface area contributed by atoms with Crippen molar-refractivity contribution < 1.29 is 14.4 Å². The lowest BCUT2D eigenvalue weighted by Gasteiger charge is -2.20. The summed E-state index contributed by atoms with van der Waals surface area (Å²) in [6, 6.07) is 8.08. The topological polar surface area (TPSA) is 58.7 Å². The van der Waals surface area contributed by atoms with Crippen LogP contribution >= 0.6 is 0 Å². The molecule has 1 aromatic carbocycles. The van der Waals surface area contributed by atoms with Crippen molar-refractivity contribution in [1.29, 1.82) is 0 Å². The van der Waals surface area contributed by atoms with Crippen molar-refractivity contribution in [3.8, 4) is 0 Å². The highest BCUT2D eigenvalue weighted by atomic mass is 16.5. The molecule has 5 heteroatoms. The number of hydrogen-bond donors (Lipinski definition) is 1. The van der Waals surface area contributed by atoms with Gasteiger partial charge in [0.1, 0.15) is 5.76 Å². The van der Waals surface area contributed by atoms with Gasteiger partial charge in [0, 0.05) is 25.2 Å². The Balaban J connectivity index is 1.47. The number of likely N-dealkylation sites (tertiary alicyclic amines) is 1. The van der Waals surface area contributed by atoms with Gasteiger partial charge in [-0.2, -0.15) is 0 Å². The lowest BCUT2D eigenvalue weighted by molar-refractivity contribution is 0.0409. The second-order valence-electron chi connectivity index (χ2n) is 6.71. The molecule has 1 aromatic heterocycles. The number of ether oxygens (including phenoxy) is 1. The Morgan fingerprint density at radius 3 is 2.71 bits per heavy atom. The van der Waals surface area contributed by atoms with Gasteiger partial charge >= 0.3 is 0 Å². The number of aromatic nitrogens is 1. The Hall–Kier alpha value is -1.69. The first-order chi connectivity index (χ1) is 11.5. The minimum Gasteiger partial charge on any atom is -0.387 e. The van der Waals surface area contributed by atoms with Crippen LogP contribution in [0.1, 0.15) is 40.7 Å². The second kappa shape index (κ2) is 7.47. The van der Waals surface area contributed by atoms with Crippen LogP contribution in [-0.2, 0) is 11.3 Å². The normalized spacial score (nSPS) is 19.8. The van der Waals surface area contributed by atoms with Crippen LogP contribution in [0.15, 0.2) is 28.8 Å². The molecule has 1 aliphatic heterocycles. The third kappa shape index (κ3) is 4.04. The van der Waals surface area contributed by atoms with E-state index in [9.17, 15) is 5.11 Å². The SMILES string of the molecule is Cc1ccc(C(O)CN2CCC(OCc3c(C)noc3C)C2)cc1. The molecule has 130 valence electrons. The highest BCUT2D eigenvalue weighted by molar-refractivity contribution is 5.23. The van der Waals surface area contributed by atoms with Gasteiger partial charge in [-0.15, -0.1) is 0 Å². The molecule has 0 spiro atoms. The van der Waals surface area contributed by atoms with Crippen molar-refractivity contribution >= 4 is 0 Å². The summed E-state index contributed by atoms with van der Waals surface area (Å²) >= 11 is 0. The van der Waals surface area contributed by atoms with Crippen LogP contribution in [0.3, 0.4) is 0 Å². The maximum absolute atomic E-state index is 10.4. The molecule has 2 aromatic rings. The zero-order chi connectivity index (χ0) is 17.1. The summed E-state index contributed by atoms with van der Waals surface area (Å²) in [4.78, 5) is 2.27. The van der Waals surface area contributed by atoms with Crippen molar-refractivity contribution in [2.75, 3.05) is 19.6 Å². The molecular formula is C19H26N2O3. The second-order valence-corrected chi connectivity index (χ2v) is 6.71. The number of nitrogens with zero attached hydrogens (tertiary/aromatic N) is 2. The van der Waals surface area contributed by atoms with Crippen LogP contribution in [0.25, 0.3) is 0 Å². The van der Waals surface area contributed by atoms with Crippen molar-refractivity contribution in [2.45, 2.75) is 46.0 Å². The van der Waals surface area contributed by atoms with Crippen LogP contribution in [0, 0.1) is 20.8 Å². The molecule has 2 heterocycles. The van der Waals surface area contributed by atoms with Crippen molar-refractivity contribution in [3.05, 3.63) is 52.4 Å². The van der Waals surface area contributed by atoms with E-state index in [4.69, 9.17) is 9.26 Å². The predicted octanol–water partition coefficient (Wildman–Crippen LogP) is 2.92. The maximum atomic E-state index is 10.4. The largest absolute Gasteiger partial charge is 0.387 e. The van der Waals surface area contributed by atoms with Crippen LogP contribution in [0.5, 0.6) is 0 Å². The van der Waals surface area contributed by atoms with Crippen molar-refractivity contribution in [3.63, 3.8) is 0 Å². The number of β-amino-alcohol motifs (C(OH)–C–C–N with tert-alkyl or cyclic N) is 1. The Morgan fingerprint density at radius 1 is 1.29 bits per heavy atom. The summed E-state index contributed by atoms with van der Waals surface area (Å²) in [5.41, 5.74) is 4.13. The van der Waals surface area contributed by atoms with Crippen LogP contribution in [-0.4, -0.2) is 40.9 Å². The van der Waals surface area contributed by atoms with E-state index in [1.165, 1.54) is 5.56 Å². The van der Waals surface area contributed by atoms with Crippen molar-refractivity contribution in [2.24, 2.45) is 0 Å². The molecule has 2 atom stereocenters. The van der Waals surface area contributed by atoms with Gasteiger partial charge in [0.15, 0.2) is 0 Å². The average molecular weight is 330 g/mol. The fourth-order valence-electron chi connectivity index (χ4n) is 3.15. The third-order valence-electron chi connectivity index (χ3n) is 4.77. The van der Waals surface area contributed by atoms with Gasteiger partial charge in [-0.1, -0.05) is 35.0 Å². The first-order valence-electron chi connectivity index (χ1n) is 8.53. The molecule has 1 aliphatic rings. The monoisotopic (exact) mass is 330 g/mol. The molecule has 0 saturated carbocycles. The Kier molecular flexibility index (Phi) is 5.33. The Morgan fingerprint density at radius 2 is 2.04 bits per heavy atom. The molecule has 0 amide bonds. The highest BCUT2D eigenvalue weighted by Crippen LogP contribution is 2.21. The molecule has 0 aliphatic carbocycles. The number of benzene rings is 1. The Bertz CT molecular complexity index is 646. The van der Waals surface area contributed by atoms with E-state index < -0.39 is 6.10 Å². The van der Waals surface area contributed by atoms with E-state index in [0.29, 0.717) is 13.2 Å². The fraction of sp³-hybridized carbons (Fsp3) is 0.526. The number of rotatable bonds is 6. The molecule has 0 bridgehead atoms. The maximum Gasteiger partial charge on any atom is 0.139 e. The predicted molar refractivity (Wildman–Crippen MR) is 91.7 cm³/mol. The Labute approximate surface area is 143 Å². The molecule has 2 unspecified atom stereocenters. The summed E-state index contributed by atoms with van der Waals surface area (Å²) in [5.74, 6) is 0.831. The van der Waals surface area contributed by atoms with E-state index in [1.54, 1.807) is 0 Å². The van der Waals surface area contributed by atoms with Crippen LogP contribution < -0.4 is 0 Å². The summed E-state index contributed by atoms with van der Waals surface area (Å²) in [6.07, 6.45) is 0.736. The molecule has 1 saturated heterocycles. The first-order valence-corrected chi connectivity index (χ1v) is 8.53. The smallest absolute Gasteiger partial charge is 0.139 e. The lowest BCUT2D eigenvalue weighted by Crippen LogP contribution is -2.28. The van der Waals surface area contributed by atoms with Crippen LogP contribution in [0.4, 0.5) is 0 Å². The molecule has 3 rings (SSSR count). The molecule has 1 N–H and O–H groups in total. The first kappa shape index (κ1) is 17.1. The molecule has 24 heavy (non-hydrogen) atoms. The van der Waals surface area contributed by atoms with Crippen molar-refractivity contribution in [1.82, 2.24) is 10.1 Å². The lowest BCUT2D eigenvalue weighted by atomic mass is 10.1. The number of aryl methyl sites for hydroxylation is 3. The standard InChI is InChI=1S/C19H26N2O3/c1-13-4-6-16(7-5-13)19(22)11-21-9-8-17(10-21)23-12-18-14(2)20-24-15(18)3/h4-7,17,19,22H,8-12H2,1-3H3. The minimum absolute atomic E-state index is 0.198. The van der Waals surface area contributed by atoms with E-state index in [-0.39, 0.29) is 6.10 Å². The summed E-state index contributed by atoms with van der Waals surface area (Å²) in [6.45, 7) is 8.90. The van der Waals surface area contributed by atoms with E-state index in [2.05, 4.69) is 17.0 Å². The van der Waals surface area contributed by atoms with E-state index in [0.717, 1.165) is 42.1 Å². The van der Waals surface area contributed by atoms with E-state index >= 15 is 0 Å². The molecule has 0 radical (unpaired) electrons. The van der Waals surface area contributed by atoms with Gasteiger partial charge in [-0.05, 0) is 32.8 Å². The van der Waals surface area contributed by atoms with Gasteiger partial charge in [-0.3, -0.25) is 4.90 Å². The zero-order valence-electron chi connectivity index (χ0n) is 14.7. The van der Waals surface area contributed by atoms with Gasteiger partial charge in [0.05, 0.1) is 24.5 Å². The molecular weight excluding hydrogens is 304 g/mol. The zero-order valence-corrected chi connectivity index (χ0v) is 14.7. The van der Waals surface area contributed by atoms with E-state index in [1.807, 2.05) is 38.1 Å². The summed E-state index contributed by atoms with van der Waals surface area (Å²) in [5, 5.41) is 14.4. The quantitative estimate of drug-likeness (QED) is 0.882. The summed E-state index contributed by atoms with van der Waals surface area (Å²) < 4.78 is 11.2. The fourth-order valence-corrected chi connectivity index (χ4v) is 3.15. The van der Waals surface area contributed by atoms with Gasteiger partial charge in [0.25, 0.3) is 0 Å². The number of aliphatic hydroxyl groups is 1. The van der Waals surface area contributed by atoms with Gasteiger partial charge < -0.3 is 14.4 Å². The third-order valence-corrected chi connectivity index (χ3v) is 4.77. The summed E-state index contributed by atoms with van der Waals surface area (Å²) in [7, 11) is 0. The van der Waals surface area contributed by atoms with Gasteiger partial charge in [-0.25, -0.2) is 0 Å². The minimum atomic E-state index is -0.452. The highest BCUT2D eigenvalue weighted by Gasteiger charge is 2.25. The average Bonchev–Trinajstić information content (AvgIpc) is 3.13.